The van der Waals surface area contributed by atoms with E-state index >= 15 is 0 Å². The predicted molar refractivity (Wildman–Crippen MR) is 93.0 cm³/mol. The molecule has 4 heteroatoms. The van der Waals surface area contributed by atoms with Gasteiger partial charge in [0.05, 0.1) is 11.6 Å². The molecule has 114 valence electrons. The molecule has 2 nitrogen and oxygen atoms in total. The van der Waals surface area contributed by atoms with Gasteiger partial charge in [0.1, 0.15) is 5.01 Å². The van der Waals surface area contributed by atoms with Crippen molar-refractivity contribution in [1.29, 1.82) is 0 Å². The first kappa shape index (κ1) is 16.5. The van der Waals surface area contributed by atoms with Crippen molar-refractivity contribution in [3.05, 3.63) is 40.9 Å². The van der Waals surface area contributed by atoms with Crippen LogP contribution in [0.4, 0.5) is 0 Å². The van der Waals surface area contributed by atoms with E-state index in [1.807, 2.05) is 0 Å². The normalized spacial score (nSPS) is 11.2. The van der Waals surface area contributed by atoms with E-state index in [9.17, 15) is 0 Å². The van der Waals surface area contributed by atoms with E-state index in [2.05, 4.69) is 53.4 Å². The molecule has 0 aliphatic rings. The zero-order valence-electron chi connectivity index (χ0n) is 12.8. The van der Waals surface area contributed by atoms with Crippen molar-refractivity contribution < 1.29 is 0 Å². The molecular formula is C17H23ClN2S. The average Bonchev–Trinajstić information content (AvgIpc) is 2.97. The summed E-state index contributed by atoms with van der Waals surface area (Å²) in [4.78, 5) is 7.15. The minimum atomic E-state index is 0.483. The third-order valence-electron chi connectivity index (χ3n) is 3.41. The maximum atomic E-state index is 5.87. The number of rotatable bonds is 8. The minimum absolute atomic E-state index is 0.483. The predicted octanol–water partition coefficient (Wildman–Crippen LogP) is 5.17. The molecule has 2 rings (SSSR count). The standard InChI is InChI=1S/C17H23ClN2S/c1-3-9-20(10-4-2)12-14-7-5-6-8-16(14)17-19-15(11-18)13-21-17/h5-8,13H,3-4,9-12H2,1-2H3. The molecular weight excluding hydrogens is 300 g/mol. The van der Waals surface area contributed by atoms with Gasteiger partial charge in [-0.3, -0.25) is 4.90 Å². The van der Waals surface area contributed by atoms with E-state index in [1.165, 1.54) is 24.0 Å². The van der Waals surface area contributed by atoms with Crippen LogP contribution in [0.15, 0.2) is 29.6 Å². The summed E-state index contributed by atoms with van der Waals surface area (Å²) >= 11 is 7.55. The van der Waals surface area contributed by atoms with Crippen LogP contribution in [0.1, 0.15) is 37.9 Å². The highest BCUT2D eigenvalue weighted by atomic mass is 35.5. The smallest absolute Gasteiger partial charge is 0.123 e. The minimum Gasteiger partial charge on any atom is -0.299 e. The Labute approximate surface area is 136 Å². The molecule has 0 amide bonds. The molecule has 0 radical (unpaired) electrons. The van der Waals surface area contributed by atoms with Gasteiger partial charge in [0.2, 0.25) is 0 Å². The maximum absolute atomic E-state index is 5.87. The zero-order valence-corrected chi connectivity index (χ0v) is 14.4. The first-order valence-electron chi connectivity index (χ1n) is 7.59. The molecule has 1 heterocycles. The molecule has 0 aliphatic carbocycles. The van der Waals surface area contributed by atoms with Crippen LogP contribution in [0.3, 0.4) is 0 Å². The maximum Gasteiger partial charge on any atom is 0.123 e. The Bertz CT molecular complexity index is 547. The fourth-order valence-electron chi connectivity index (χ4n) is 2.50. The number of nitrogens with zero attached hydrogens (tertiary/aromatic N) is 2. The average molecular weight is 323 g/mol. The van der Waals surface area contributed by atoms with Crippen molar-refractivity contribution in [2.45, 2.75) is 39.1 Å². The number of alkyl halides is 1. The fourth-order valence-corrected chi connectivity index (χ4v) is 3.61. The molecule has 0 bridgehead atoms. The summed E-state index contributed by atoms with van der Waals surface area (Å²) in [5.41, 5.74) is 3.57. The van der Waals surface area contributed by atoms with Gasteiger partial charge >= 0.3 is 0 Å². The molecule has 1 aromatic heterocycles. The van der Waals surface area contributed by atoms with E-state index in [0.29, 0.717) is 5.88 Å². The second-order valence-corrected chi connectivity index (χ2v) is 6.34. The van der Waals surface area contributed by atoms with Gasteiger partial charge < -0.3 is 0 Å². The molecule has 0 spiro atoms. The number of hydrogen-bond donors (Lipinski definition) is 0. The molecule has 0 saturated heterocycles. The van der Waals surface area contributed by atoms with Gasteiger partial charge in [0, 0.05) is 17.5 Å². The van der Waals surface area contributed by atoms with Gasteiger partial charge in [-0.15, -0.1) is 22.9 Å². The Morgan fingerprint density at radius 2 is 1.86 bits per heavy atom. The lowest BCUT2D eigenvalue weighted by Crippen LogP contribution is -2.25. The number of benzene rings is 1. The van der Waals surface area contributed by atoms with Gasteiger partial charge in [-0.05, 0) is 31.5 Å². The summed E-state index contributed by atoms with van der Waals surface area (Å²) in [6, 6.07) is 8.59. The van der Waals surface area contributed by atoms with Crippen LogP contribution >= 0.6 is 22.9 Å². The van der Waals surface area contributed by atoms with E-state index in [0.717, 1.165) is 30.3 Å². The highest BCUT2D eigenvalue weighted by molar-refractivity contribution is 7.13. The second kappa shape index (κ2) is 8.52. The van der Waals surface area contributed by atoms with Gasteiger partial charge in [-0.1, -0.05) is 38.1 Å². The fraction of sp³-hybridized carbons (Fsp3) is 0.471. The van der Waals surface area contributed by atoms with Crippen molar-refractivity contribution >= 4 is 22.9 Å². The number of thiazole rings is 1. The third kappa shape index (κ3) is 4.53. The van der Waals surface area contributed by atoms with Gasteiger partial charge in [0.15, 0.2) is 0 Å². The van der Waals surface area contributed by atoms with Crippen LogP contribution in [0.25, 0.3) is 10.6 Å². The van der Waals surface area contributed by atoms with Crippen LogP contribution < -0.4 is 0 Å². The van der Waals surface area contributed by atoms with E-state index in [-0.39, 0.29) is 0 Å². The van der Waals surface area contributed by atoms with Crippen molar-refractivity contribution in [3.8, 4) is 10.6 Å². The lowest BCUT2D eigenvalue weighted by Gasteiger charge is -2.22. The first-order valence-corrected chi connectivity index (χ1v) is 9.00. The molecule has 0 unspecified atom stereocenters. The Morgan fingerprint density at radius 3 is 2.48 bits per heavy atom. The number of aromatic nitrogens is 1. The molecule has 0 saturated carbocycles. The summed E-state index contributed by atoms with van der Waals surface area (Å²) in [6.45, 7) is 7.76. The lowest BCUT2D eigenvalue weighted by atomic mass is 10.1. The highest BCUT2D eigenvalue weighted by Gasteiger charge is 2.12. The van der Waals surface area contributed by atoms with Crippen LogP contribution in [-0.4, -0.2) is 23.0 Å². The van der Waals surface area contributed by atoms with E-state index < -0.39 is 0 Å². The van der Waals surface area contributed by atoms with Crippen molar-refractivity contribution in [3.63, 3.8) is 0 Å². The van der Waals surface area contributed by atoms with Crippen molar-refractivity contribution in [2.24, 2.45) is 0 Å². The Morgan fingerprint density at radius 1 is 1.14 bits per heavy atom. The molecule has 0 N–H and O–H groups in total. The molecule has 2 aromatic rings. The Balaban J connectivity index is 2.23. The summed E-state index contributed by atoms with van der Waals surface area (Å²) in [7, 11) is 0. The SMILES string of the molecule is CCCN(CCC)Cc1ccccc1-c1nc(CCl)cs1. The summed E-state index contributed by atoms with van der Waals surface area (Å²) in [5.74, 6) is 0.483. The largest absolute Gasteiger partial charge is 0.299 e. The van der Waals surface area contributed by atoms with Crippen LogP contribution in [-0.2, 0) is 12.4 Å². The number of hydrogen-bond acceptors (Lipinski definition) is 3. The molecule has 0 aliphatic heterocycles. The van der Waals surface area contributed by atoms with Crippen LogP contribution in [0.5, 0.6) is 0 Å². The van der Waals surface area contributed by atoms with Crippen LogP contribution in [0.2, 0.25) is 0 Å². The van der Waals surface area contributed by atoms with E-state index in [1.54, 1.807) is 11.3 Å². The van der Waals surface area contributed by atoms with Crippen LogP contribution in [0, 0.1) is 0 Å². The quantitative estimate of drug-likeness (QED) is 0.623. The Kier molecular flexibility index (Phi) is 6.68. The van der Waals surface area contributed by atoms with E-state index in [4.69, 9.17) is 11.6 Å². The topological polar surface area (TPSA) is 16.1 Å². The van der Waals surface area contributed by atoms with Crippen molar-refractivity contribution in [2.75, 3.05) is 13.1 Å². The zero-order chi connectivity index (χ0) is 15.1. The number of halogens is 1. The molecule has 0 fully saturated rings. The van der Waals surface area contributed by atoms with Crippen molar-refractivity contribution in [1.82, 2.24) is 9.88 Å². The second-order valence-electron chi connectivity index (χ2n) is 5.21. The lowest BCUT2D eigenvalue weighted by molar-refractivity contribution is 0.267. The highest BCUT2D eigenvalue weighted by Crippen LogP contribution is 2.28. The van der Waals surface area contributed by atoms with Gasteiger partial charge in [-0.25, -0.2) is 4.98 Å². The monoisotopic (exact) mass is 322 g/mol. The summed E-state index contributed by atoms with van der Waals surface area (Å²) < 4.78 is 0. The van der Waals surface area contributed by atoms with Gasteiger partial charge in [-0.2, -0.15) is 0 Å². The Hall–Kier alpha value is -0.900. The van der Waals surface area contributed by atoms with Gasteiger partial charge in [0.25, 0.3) is 0 Å². The summed E-state index contributed by atoms with van der Waals surface area (Å²) in [5, 5.41) is 3.13. The summed E-state index contributed by atoms with van der Waals surface area (Å²) in [6.07, 6.45) is 2.38. The first-order chi connectivity index (χ1) is 10.3. The third-order valence-corrected chi connectivity index (χ3v) is 4.61. The molecule has 0 atom stereocenters. The molecule has 21 heavy (non-hydrogen) atoms. The molecule has 1 aromatic carbocycles.